The van der Waals surface area contributed by atoms with Gasteiger partial charge in [0.15, 0.2) is 5.82 Å². The number of hydrogen-bond acceptors (Lipinski definition) is 2. The van der Waals surface area contributed by atoms with Gasteiger partial charge in [-0.05, 0) is 24.3 Å². The lowest BCUT2D eigenvalue weighted by atomic mass is 10.1. The van der Waals surface area contributed by atoms with Crippen molar-refractivity contribution in [2.75, 3.05) is 0 Å². The molecule has 0 bridgehead atoms. The van der Waals surface area contributed by atoms with Crippen LogP contribution in [0.3, 0.4) is 0 Å². The minimum absolute atomic E-state index is 0.717. The molecule has 0 unspecified atom stereocenters. The standard InChI is InChI=1S/C20H12Br2N2/c21-15-10-14(11-16(22)12-15)20-23-18-9-5-4-8-17(18)19(24-20)13-6-2-1-3-7-13/h1-12H. The normalized spacial score (nSPS) is 10.9. The first-order valence-electron chi connectivity index (χ1n) is 7.49. The van der Waals surface area contributed by atoms with Crippen LogP contribution in [0, 0.1) is 0 Å². The molecule has 0 aliphatic rings. The fraction of sp³-hybridized carbons (Fsp3) is 0. The fourth-order valence-electron chi connectivity index (χ4n) is 2.70. The summed E-state index contributed by atoms with van der Waals surface area (Å²) in [7, 11) is 0. The van der Waals surface area contributed by atoms with Crippen molar-refractivity contribution in [1.29, 1.82) is 0 Å². The van der Waals surface area contributed by atoms with Crippen molar-refractivity contribution in [1.82, 2.24) is 9.97 Å². The van der Waals surface area contributed by atoms with Gasteiger partial charge in [-0.3, -0.25) is 0 Å². The van der Waals surface area contributed by atoms with Gasteiger partial charge in [-0.15, -0.1) is 0 Å². The van der Waals surface area contributed by atoms with Crippen molar-refractivity contribution in [2.24, 2.45) is 0 Å². The van der Waals surface area contributed by atoms with E-state index in [1.54, 1.807) is 0 Å². The Kier molecular flexibility index (Phi) is 4.17. The summed E-state index contributed by atoms with van der Waals surface area (Å²) in [5.74, 6) is 0.717. The van der Waals surface area contributed by atoms with E-state index >= 15 is 0 Å². The summed E-state index contributed by atoms with van der Waals surface area (Å²) in [6.45, 7) is 0. The van der Waals surface area contributed by atoms with E-state index in [-0.39, 0.29) is 0 Å². The summed E-state index contributed by atoms with van der Waals surface area (Å²) in [5, 5.41) is 1.06. The first-order chi connectivity index (χ1) is 11.7. The van der Waals surface area contributed by atoms with E-state index in [9.17, 15) is 0 Å². The Labute approximate surface area is 156 Å². The van der Waals surface area contributed by atoms with Gasteiger partial charge in [0.1, 0.15) is 0 Å². The van der Waals surface area contributed by atoms with Crippen LogP contribution in [-0.2, 0) is 0 Å². The van der Waals surface area contributed by atoms with Crippen LogP contribution in [0.5, 0.6) is 0 Å². The third kappa shape index (κ3) is 2.99. The lowest BCUT2D eigenvalue weighted by molar-refractivity contribution is 1.23. The highest BCUT2D eigenvalue weighted by atomic mass is 79.9. The van der Waals surface area contributed by atoms with Gasteiger partial charge in [-0.2, -0.15) is 0 Å². The first kappa shape index (κ1) is 15.5. The molecular formula is C20H12Br2N2. The van der Waals surface area contributed by atoms with Gasteiger partial charge in [0.05, 0.1) is 11.2 Å². The maximum absolute atomic E-state index is 4.87. The smallest absolute Gasteiger partial charge is 0.160 e. The van der Waals surface area contributed by atoms with Gasteiger partial charge >= 0.3 is 0 Å². The number of hydrogen-bond donors (Lipinski definition) is 0. The largest absolute Gasteiger partial charge is 0.228 e. The van der Waals surface area contributed by atoms with Gasteiger partial charge in [-0.25, -0.2) is 9.97 Å². The number of benzene rings is 3. The summed E-state index contributed by atoms with van der Waals surface area (Å²) in [6, 6.07) is 24.4. The van der Waals surface area contributed by atoms with Gasteiger partial charge in [0.2, 0.25) is 0 Å². The maximum Gasteiger partial charge on any atom is 0.160 e. The number of halogens is 2. The van der Waals surface area contributed by atoms with E-state index in [1.165, 1.54) is 0 Å². The molecule has 0 spiro atoms. The molecule has 0 fully saturated rings. The highest BCUT2D eigenvalue weighted by Gasteiger charge is 2.11. The minimum Gasteiger partial charge on any atom is -0.228 e. The molecule has 0 atom stereocenters. The molecule has 4 heteroatoms. The van der Waals surface area contributed by atoms with Crippen molar-refractivity contribution in [3.05, 3.63) is 81.7 Å². The van der Waals surface area contributed by atoms with Crippen LogP contribution in [-0.4, -0.2) is 9.97 Å². The number of nitrogens with zero attached hydrogens (tertiary/aromatic N) is 2. The molecule has 3 aromatic carbocycles. The molecule has 116 valence electrons. The Morgan fingerprint density at radius 2 is 1.29 bits per heavy atom. The molecule has 0 radical (unpaired) electrons. The molecule has 0 saturated carbocycles. The summed E-state index contributed by atoms with van der Waals surface area (Å²) in [5.41, 5.74) is 3.95. The molecule has 1 aromatic heterocycles. The van der Waals surface area contributed by atoms with Crippen molar-refractivity contribution >= 4 is 42.8 Å². The molecule has 0 saturated heterocycles. The van der Waals surface area contributed by atoms with Crippen molar-refractivity contribution in [3.8, 4) is 22.6 Å². The van der Waals surface area contributed by atoms with Crippen molar-refractivity contribution < 1.29 is 0 Å². The minimum atomic E-state index is 0.717. The van der Waals surface area contributed by atoms with Crippen LogP contribution in [0.4, 0.5) is 0 Å². The highest BCUT2D eigenvalue weighted by Crippen LogP contribution is 2.31. The van der Waals surface area contributed by atoms with E-state index in [2.05, 4.69) is 50.1 Å². The lowest BCUT2D eigenvalue weighted by Gasteiger charge is -2.10. The van der Waals surface area contributed by atoms with E-state index in [0.717, 1.165) is 42.5 Å². The van der Waals surface area contributed by atoms with E-state index in [0.29, 0.717) is 0 Å². The number of rotatable bonds is 2. The Hall–Kier alpha value is -2.04. The molecule has 0 aliphatic heterocycles. The van der Waals surface area contributed by atoms with Crippen molar-refractivity contribution in [3.63, 3.8) is 0 Å². The molecule has 2 nitrogen and oxygen atoms in total. The average molecular weight is 440 g/mol. The monoisotopic (exact) mass is 438 g/mol. The summed E-state index contributed by atoms with van der Waals surface area (Å²) < 4.78 is 1.98. The molecule has 1 heterocycles. The zero-order valence-corrected chi connectivity index (χ0v) is 15.8. The number of para-hydroxylation sites is 1. The Morgan fingerprint density at radius 1 is 0.625 bits per heavy atom. The fourth-order valence-corrected chi connectivity index (χ4v) is 4.00. The zero-order chi connectivity index (χ0) is 16.5. The van der Waals surface area contributed by atoms with Gasteiger partial charge < -0.3 is 0 Å². The molecule has 4 rings (SSSR count). The maximum atomic E-state index is 4.87. The molecule has 0 amide bonds. The van der Waals surface area contributed by atoms with E-state index < -0.39 is 0 Å². The first-order valence-corrected chi connectivity index (χ1v) is 9.08. The average Bonchev–Trinajstić information content (AvgIpc) is 2.61. The van der Waals surface area contributed by atoms with Gasteiger partial charge in [0, 0.05) is 25.5 Å². The molecule has 0 N–H and O–H groups in total. The molecule has 4 aromatic rings. The Bertz CT molecular complexity index is 1010. The van der Waals surface area contributed by atoms with E-state index in [1.807, 2.05) is 54.6 Å². The quantitative estimate of drug-likeness (QED) is 0.356. The third-order valence-corrected chi connectivity index (χ3v) is 4.69. The molecule has 24 heavy (non-hydrogen) atoms. The number of aromatic nitrogens is 2. The zero-order valence-electron chi connectivity index (χ0n) is 12.6. The number of fused-ring (bicyclic) bond motifs is 1. The van der Waals surface area contributed by atoms with E-state index in [4.69, 9.17) is 9.97 Å². The predicted octanol–water partition coefficient (Wildman–Crippen LogP) is 6.49. The predicted molar refractivity (Wildman–Crippen MR) is 106 cm³/mol. The van der Waals surface area contributed by atoms with Gasteiger partial charge in [0.25, 0.3) is 0 Å². The van der Waals surface area contributed by atoms with Crippen LogP contribution >= 0.6 is 31.9 Å². The topological polar surface area (TPSA) is 25.8 Å². The van der Waals surface area contributed by atoms with Crippen LogP contribution in [0.1, 0.15) is 0 Å². The van der Waals surface area contributed by atoms with Crippen molar-refractivity contribution in [2.45, 2.75) is 0 Å². The summed E-state index contributed by atoms with van der Waals surface area (Å²) in [4.78, 5) is 9.63. The van der Waals surface area contributed by atoms with Gasteiger partial charge in [-0.1, -0.05) is 80.4 Å². The molecular weight excluding hydrogens is 428 g/mol. The third-order valence-electron chi connectivity index (χ3n) is 3.77. The second-order valence-electron chi connectivity index (χ2n) is 5.44. The second-order valence-corrected chi connectivity index (χ2v) is 7.27. The van der Waals surface area contributed by atoms with Crippen LogP contribution in [0.15, 0.2) is 81.7 Å². The SMILES string of the molecule is Brc1cc(Br)cc(-c2nc(-c3ccccc3)c3ccccc3n2)c1. The van der Waals surface area contributed by atoms with Crippen LogP contribution in [0.25, 0.3) is 33.5 Å². The summed E-state index contributed by atoms with van der Waals surface area (Å²) in [6.07, 6.45) is 0. The Balaban J connectivity index is 2.01. The lowest BCUT2D eigenvalue weighted by Crippen LogP contribution is -1.95. The second kappa shape index (κ2) is 6.46. The van der Waals surface area contributed by atoms with Crippen LogP contribution < -0.4 is 0 Å². The molecule has 0 aliphatic carbocycles. The highest BCUT2D eigenvalue weighted by molar-refractivity contribution is 9.11. The van der Waals surface area contributed by atoms with Crippen LogP contribution in [0.2, 0.25) is 0 Å². The Morgan fingerprint density at radius 3 is 2.04 bits per heavy atom. The summed E-state index contributed by atoms with van der Waals surface area (Å²) >= 11 is 7.08.